The van der Waals surface area contributed by atoms with Gasteiger partial charge in [-0.1, -0.05) is 11.6 Å². The van der Waals surface area contributed by atoms with Gasteiger partial charge < -0.3 is 5.32 Å². The second-order valence-electron chi connectivity index (χ2n) is 3.99. The van der Waals surface area contributed by atoms with E-state index in [2.05, 4.69) is 10.0 Å². The van der Waals surface area contributed by atoms with Crippen molar-refractivity contribution in [2.75, 3.05) is 24.7 Å². The van der Waals surface area contributed by atoms with E-state index in [1.54, 1.807) is 0 Å². The summed E-state index contributed by atoms with van der Waals surface area (Å²) < 4.78 is 37.1. The molecule has 112 valence electrons. The molecule has 0 spiro atoms. The summed E-state index contributed by atoms with van der Waals surface area (Å²) in [5, 5.41) is 13.3. The van der Waals surface area contributed by atoms with E-state index in [0.29, 0.717) is 6.42 Å². The highest BCUT2D eigenvalue weighted by Crippen LogP contribution is 2.30. The lowest BCUT2D eigenvalue weighted by atomic mass is 10.2. The molecule has 1 aromatic rings. The van der Waals surface area contributed by atoms with Crippen LogP contribution in [0.3, 0.4) is 0 Å². The highest BCUT2D eigenvalue weighted by atomic mass is 35.5. The van der Waals surface area contributed by atoms with Gasteiger partial charge in [0.05, 0.1) is 22.3 Å². The van der Waals surface area contributed by atoms with Crippen LogP contribution in [0.5, 0.6) is 0 Å². The lowest BCUT2D eigenvalue weighted by Crippen LogP contribution is -2.24. The minimum absolute atomic E-state index is 0.0840. The fourth-order valence-corrected chi connectivity index (χ4v) is 2.08. The van der Waals surface area contributed by atoms with Crippen LogP contribution in [-0.4, -0.2) is 32.7 Å². The molecule has 1 rings (SSSR count). The van der Waals surface area contributed by atoms with E-state index in [0.717, 1.165) is 18.4 Å². The monoisotopic (exact) mass is 325 g/mol. The van der Waals surface area contributed by atoms with Gasteiger partial charge in [-0.25, -0.2) is 17.5 Å². The molecule has 10 heteroatoms. The molecular formula is C10H13ClFN3O4S. The van der Waals surface area contributed by atoms with Crippen molar-refractivity contribution in [1.82, 2.24) is 4.72 Å². The van der Waals surface area contributed by atoms with Crippen molar-refractivity contribution in [3.05, 3.63) is 33.1 Å². The second kappa shape index (κ2) is 6.82. The van der Waals surface area contributed by atoms with Crippen LogP contribution in [0, 0.1) is 15.9 Å². The van der Waals surface area contributed by atoms with E-state index in [1.807, 2.05) is 0 Å². The first kappa shape index (κ1) is 16.6. The van der Waals surface area contributed by atoms with Crippen molar-refractivity contribution >= 4 is 33.0 Å². The van der Waals surface area contributed by atoms with E-state index in [1.165, 1.54) is 0 Å². The van der Waals surface area contributed by atoms with Gasteiger partial charge in [0.2, 0.25) is 10.0 Å². The first-order chi connectivity index (χ1) is 9.20. The van der Waals surface area contributed by atoms with Gasteiger partial charge in [0.25, 0.3) is 5.69 Å². The molecular weight excluding hydrogens is 313 g/mol. The van der Waals surface area contributed by atoms with Crippen LogP contribution in [-0.2, 0) is 10.0 Å². The Kier molecular flexibility index (Phi) is 5.66. The Morgan fingerprint density at radius 3 is 2.60 bits per heavy atom. The van der Waals surface area contributed by atoms with Gasteiger partial charge in [-0.2, -0.15) is 0 Å². The molecule has 0 atom stereocenters. The molecule has 0 radical (unpaired) electrons. The maximum Gasteiger partial charge on any atom is 0.295 e. The van der Waals surface area contributed by atoms with Crippen LogP contribution in [0.15, 0.2) is 12.1 Å². The van der Waals surface area contributed by atoms with Crippen molar-refractivity contribution < 1.29 is 17.7 Å². The standard InChI is InChI=1S/C10H13ClFN3O4S/c1-20(18,19)14-4-2-3-13-9-5-7(11)8(12)6-10(9)15(16)17/h5-6,13-14H,2-4H2,1H3. The van der Waals surface area contributed by atoms with Crippen LogP contribution >= 0.6 is 11.6 Å². The van der Waals surface area contributed by atoms with Gasteiger partial charge in [-0.3, -0.25) is 10.1 Å². The van der Waals surface area contributed by atoms with Crippen molar-refractivity contribution in [3.63, 3.8) is 0 Å². The third-order valence-electron chi connectivity index (χ3n) is 2.27. The number of rotatable bonds is 7. The summed E-state index contributed by atoms with van der Waals surface area (Å²) in [6.45, 7) is 0.458. The fraction of sp³-hybridized carbons (Fsp3) is 0.400. The summed E-state index contributed by atoms with van der Waals surface area (Å²) in [7, 11) is -3.26. The number of nitro groups is 1. The number of anilines is 1. The fourth-order valence-electron chi connectivity index (χ4n) is 1.40. The predicted octanol–water partition coefficient (Wildman–Crippen LogP) is 1.74. The number of nitrogens with one attached hydrogen (secondary N) is 2. The van der Waals surface area contributed by atoms with Gasteiger partial charge in [0.1, 0.15) is 11.5 Å². The Hall–Kier alpha value is -1.45. The molecule has 0 bridgehead atoms. The van der Waals surface area contributed by atoms with Crippen LogP contribution in [0.4, 0.5) is 15.8 Å². The maximum atomic E-state index is 13.2. The van der Waals surface area contributed by atoms with Crippen molar-refractivity contribution in [1.29, 1.82) is 0 Å². The minimum atomic E-state index is -3.26. The summed E-state index contributed by atoms with van der Waals surface area (Å²) in [5.41, 5.74) is -0.344. The van der Waals surface area contributed by atoms with Crippen LogP contribution in [0.25, 0.3) is 0 Å². The van der Waals surface area contributed by atoms with Gasteiger partial charge in [0, 0.05) is 13.1 Å². The molecule has 0 aliphatic rings. The largest absolute Gasteiger partial charge is 0.379 e. The Morgan fingerprint density at radius 1 is 1.40 bits per heavy atom. The molecule has 7 nitrogen and oxygen atoms in total. The maximum absolute atomic E-state index is 13.2. The third kappa shape index (κ3) is 5.27. The van der Waals surface area contributed by atoms with E-state index >= 15 is 0 Å². The van der Waals surface area contributed by atoms with Crippen molar-refractivity contribution in [2.24, 2.45) is 0 Å². The molecule has 0 amide bonds. The average molecular weight is 326 g/mol. The number of hydrogen-bond acceptors (Lipinski definition) is 5. The van der Waals surface area contributed by atoms with E-state index in [4.69, 9.17) is 11.6 Å². The zero-order chi connectivity index (χ0) is 15.3. The molecule has 0 saturated carbocycles. The molecule has 1 aromatic carbocycles. The van der Waals surface area contributed by atoms with E-state index in [9.17, 15) is 22.9 Å². The first-order valence-corrected chi connectivity index (χ1v) is 7.79. The minimum Gasteiger partial charge on any atom is -0.379 e. The third-order valence-corrected chi connectivity index (χ3v) is 3.29. The van der Waals surface area contributed by atoms with Gasteiger partial charge in [-0.15, -0.1) is 0 Å². The van der Waals surface area contributed by atoms with Crippen LogP contribution in [0.1, 0.15) is 6.42 Å². The molecule has 0 aliphatic heterocycles. The lowest BCUT2D eigenvalue weighted by molar-refractivity contribution is -0.384. The predicted molar refractivity (Wildman–Crippen MR) is 74.0 cm³/mol. The van der Waals surface area contributed by atoms with E-state index in [-0.39, 0.29) is 23.8 Å². The molecule has 0 heterocycles. The smallest absolute Gasteiger partial charge is 0.295 e. The number of sulfonamides is 1. The van der Waals surface area contributed by atoms with Gasteiger partial charge in [0.15, 0.2) is 0 Å². The first-order valence-electron chi connectivity index (χ1n) is 5.52. The summed E-state index contributed by atoms with van der Waals surface area (Å²) in [6, 6.07) is 1.86. The average Bonchev–Trinajstić information content (AvgIpc) is 2.31. The quantitative estimate of drug-likeness (QED) is 0.451. The topological polar surface area (TPSA) is 101 Å². The number of nitro benzene ring substituents is 1. The Bertz CT molecular complexity index is 609. The van der Waals surface area contributed by atoms with Gasteiger partial charge >= 0.3 is 0 Å². The number of nitrogens with zero attached hydrogens (tertiary/aromatic N) is 1. The van der Waals surface area contributed by atoms with Crippen molar-refractivity contribution in [2.45, 2.75) is 6.42 Å². The number of hydrogen-bond donors (Lipinski definition) is 2. The number of benzene rings is 1. The molecule has 0 unspecified atom stereocenters. The van der Waals surface area contributed by atoms with Crippen LogP contribution < -0.4 is 10.0 Å². The van der Waals surface area contributed by atoms with E-state index < -0.39 is 26.5 Å². The Morgan fingerprint density at radius 2 is 2.05 bits per heavy atom. The molecule has 20 heavy (non-hydrogen) atoms. The summed E-state index contributed by atoms with van der Waals surface area (Å²) in [5.74, 6) is -0.873. The zero-order valence-corrected chi connectivity index (χ0v) is 12.1. The van der Waals surface area contributed by atoms with Crippen LogP contribution in [0.2, 0.25) is 5.02 Å². The molecule has 0 aliphatic carbocycles. The lowest BCUT2D eigenvalue weighted by Gasteiger charge is -2.08. The van der Waals surface area contributed by atoms with Gasteiger partial charge in [-0.05, 0) is 12.5 Å². The Balaban J connectivity index is 2.64. The Labute approximate surface area is 120 Å². The summed E-state index contributed by atoms with van der Waals surface area (Å²) in [4.78, 5) is 10.0. The van der Waals surface area contributed by atoms with Crippen molar-refractivity contribution in [3.8, 4) is 0 Å². The second-order valence-corrected chi connectivity index (χ2v) is 6.23. The normalized spacial score (nSPS) is 11.3. The zero-order valence-electron chi connectivity index (χ0n) is 10.5. The molecule has 0 aromatic heterocycles. The molecule has 2 N–H and O–H groups in total. The molecule has 0 fully saturated rings. The summed E-state index contributed by atoms with van der Waals surface area (Å²) >= 11 is 5.56. The molecule has 0 saturated heterocycles. The number of halogens is 2. The summed E-state index contributed by atoms with van der Waals surface area (Å²) in [6.07, 6.45) is 1.43. The SMILES string of the molecule is CS(=O)(=O)NCCCNc1cc(Cl)c(F)cc1[N+](=O)[O-]. The highest BCUT2D eigenvalue weighted by molar-refractivity contribution is 7.88. The highest BCUT2D eigenvalue weighted by Gasteiger charge is 2.17.